The first-order valence-corrected chi connectivity index (χ1v) is 6.08. The number of aryl methyl sites for hydroxylation is 1. The highest BCUT2D eigenvalue weighted by Gasteiger charge is 2.42. The summed E-state index contributed by atoms with van der Waals surface area (Å²) in [4.78, 5) is 17.3. The molecule has 3 rings (SSSR count). The van der Waals surface area contributed by atoms with Crippen molar-refractivity contribution in [2.75, 3.05) is 18.0 Å². The van der Waals surface area contributed by atoms with E-state index in [1.165, 1.54) is 0 Å². The minimum absolute atomic E-state index is 0.234. The van der Waals surface area contributed by atoms with Crippen molar-refractivity contribution in [3.8, 4) is 0 Å². The number of carboxylic acids is 1. The zero-order valence-electron chi connectivity index (χ0n) is 10.6. The fourth-order valence-corrected chi connectivity index (χ4v) is 2.28. The Balaban J connectivity index is 1.92. The molecule has 0 radical (unpaired) electrons. The molecule has 0 aromatic carbocycles. The van der Waals surface area contributed by atoms with E-state index < -0.39 is 11.5 Å². The Morgan fingerprint density at radius 1 is 1.58 bits per heavy atom. The van der Waals surface area contributed by atoms with Crippen LogP contribution in [0.5, 0.6) is 0 Å². The molecule has 1 aliphatic heterocycles. The van der Waals surface area contributed by atoms with E-state index in [1.807, 2.05) is 30.2 Å². The molecule has 1 aliphatic rings. The van der Waals surface area contributed by atoms with Gasteiger partial charge in [0.1, 0.15) is 5.54 Å². The summed E-state index contributed by atoms with van der Waals surface area (Å²) < 4.78 is 1.68. The van der Waals surface area contributed by atoms with Crippen LogP contribution in [0.15, 0.2) is 18.3 Å². The number of rotatable bonds is 2. The fourth-order valence-electron chi connectivity index (χ4n) is 2.28. The SMILES string of the molecule is Cc1ccn2nc(N3CCC(N)(C(=O)O)C3)nc2c1. The van der Waals surface area contributed by atoms with Crippen molar-refractivity contribution in [2.24, 2.45) is 5.73 Å². The Labute approximate surface area is 109 Å². The zero-order valence-corrected chi connectivity index (χ0v) is 10.6. The lowest BCUT2D eigenvalue weighted by atomic mass is 10.0. The highest BCUT2D eigenvalue weighted by Crippen LogP contribution is 2.23. The van der Waals surface area contributed by atoms with Crippen molar-refractivity contribution in [2.45, 2.75) is 18.9 Å². The number of anilines is 1. The lowest BCUT2D eigenvalue weighted by Gasteiger charge is -2.18. The second-order valence-corrected chi connectivity index (χ2v) is 5.05. The summed E-state index contributed by atoms with van der Waals surface area (Å²) in [5.74, 6) is -0.450. The lowest BCUT2D eigenvalue weighted by molar-refractivity contribution is -0.142. The predicted octanol–water partition coefficient (Wildman–Crippen LogP) is 0.0299. The van der Waals surface area contributed by atoms with Gasteiger partial charge in [-0.15, -0.1) is 5.10 Å². The molecule has 0 bridgehead atoms. The second-order valence-electron chi connectivity index (χ2n) is 5.05. The number of aliphatic carboxylic acids is 1. The van der Waals surface area contributed by atoms with Crippen LogP contribution < -0.4 is 10.6 Å². The molecular weight excluding hydrogens is 246 g/mol. The quantitative estimate of drug-likeness (QED) is 0.791. The lowest BCUT2D eigenvalue weighted by Crippen LogP contribution is -2.50. The number of pyridine rings is 1. The molecule has 1 fully saturated rings. The van der Waals surface area contributed by atoms with Gasteiger partial charge in [-0.1, -0.05) is 0 Å². The molecule has 0 amide bonds. The van der Waals surface area contributed by atoms with Crippen molar-refractivity contribution in [1.29, 1.82) is 0 Å². The summed E-state index contributed by atoms with van der Waals surface area (Å²) in [6, 6.07) is 3.87. The average molecular weight is 261 g/mol. The topological polar surface area (TPSA) is 96.8 Å². The van der Waals surface area contributed by atoms with E-state index in [0.29, 0.717) is 18.9 Å². The van der Waals surface area contributed by atoms with Crippen LogP contribution >= 0.6 is 0 Å². The monoisotopic (exact) mass is 261 g/mol. The Hall–Kier alpha value is -2.15. The van der Waals surface area contributed by atoms with Gasteiger partial charge in [0, 0.05) is 19.3 Å². The molecule has 1 unspecified atom stereocenters. The molecule has 2 aromatic rings. The number of fused-ring (bicyclic) bond motifs is 1. The molecule has 100 valence electrons. The van der Waals surface area contributed by atoms with Crippen LogP contribution in [0, 0.1) is 6.92 Å². The smallest absolute Gasteiger partial charge is 0.325 e. The maximum Gasteiger partial charge on any atom is 0.325 e. The molecule has 3 N–H and O–H groups in total. The third kappa shape index (κ3) is 1.91. The Bertz CT molecular complexity index is 653. The van der Waals surface area contributed by atoms with Crippen LogP contribution in [-0.4, -0.2) is 44.3 Å². The summed E-state index contributed by atoms with van der Waals surface area (Å²) in [6.07, 6.45) is 2.24. The Morgan fingerprint density at radius 3 is 3.05 bits per heavy atom. The van der Waals surface area contributed by atoms with Crippen molar-refractivity contribution in [3.63, 3.8) is 0 Å². The van der Waals surface area contributed by atoms with Gasteiger partial charge >= 0.3 is 5.97 Å². The summed E-state index contributed by atoms with van der Waals surface area (Å²) in [5.41, 5.74) is 6.50. The van der Waals surface area contributed by atoms with Gasteiger partial charge < -0.3 is 15.7 Å². The Morgan fingerprint density at radius 2 is 2.37 bits per heavy atom. The number of nitrogens with two attached hydrogens (primary N) is 1. The van der Waals surface area contributed by atoms with Crippen LogP contribution in [-0.2, 0) is 4.79 Å². The first-order chi connectivity index (χ1) is 8.98. The van der Waals surface area contributed by atoms with E-state index in [0.717, 1.165) is 11.2 Å². The molecule has 2 aromatic heterocycles. The second kappa shape index (κ2) is 3.92. The molecular formula is C12H15N5O2. The van der Waals surface area contributed by atoms with Gasteiger partial charge in [-0.2, -0.15) is 4.98 Å². The molecule has 3 heterocycles. The maximum atomic E-state index is 11.1. The highest BCUT2D eigenvalue weighted by atomic mass is 16.4. The van der Waals surface area contributed by atoms with Gasteiger partial charge in [-0.3, -0.25) is 4.79 Å². The van der Waals surface area contributed by atoms with E-state index in [4.69, 9.17) is 10.8 Å². The first kappa shape index (κ1) is 11.9. The third-order valence-electron chi connectivity index (χ3n) is 3.49. The van der Waals surface area contributed by atoms with Crippen LogP contribution in [0.25, 0.3) is 5.65 Å². The van der Waals surface area contributed by atoms with Crippen LogP contribution in [0.4, 0.5) is 5.95 Å². The summed E-state index contributed by atoms with van der Waals surface area (Å²) in [7, 11) is 0. The summed E-state index contributed by atoms with van der Waals surface area (Å²) in [5, 5.41) is 13.5. The normalized spacial score (nSPS) is 23.2. The summed E-state index contributed by atoms with van der Waals surface area (Å²) in [6.45, 7) is 2.77. The molecule has 0 spiro atoms. The third-order valence-corrected chi connectivity index (χ3v) is 3.49. The number of aromatic nitrogens is 3. The van der Waals surface area contributed by atoms with Gasteiger partial charge in [0.25, 0.3) is 0 Å². The largest absolute Gasteiger partial charge is 0.480 e. The number of carbonyl (C=O) groups is 1. The van der Waals surface area contributed by atoms with Crippen molar-refractivity contribution in [3.05, 3.63) is 23.9 Å². The predicted molar refractivity (Wildman–Crippen MR) is 69.1 cm³/mol. The molecule has 0 aliphatic carbocycles. The van der Waals surface area contributed by atoms with Crippen LogP contribution in [0.2, 0.25) is 0 Å². The molecule has 7 nitrogen and oxygen atoms in total. The summed E-state index contributed by atoms with van der Waals surface area (Å²) >= 11 is 0. The zero-order chi connectivity index (χ0) is 13.6. The molecule has 0 saturated carbocycles. The number of carboxylic acid groups (broad SMARTS) is 1. The van der Waals surface area contributed by atoms with Gasteiger partial charge in [0.15, 0.2) is 5.65 Å². The number of hydrogen-bond acceptors (Lipinski definition) is 5. The fraction of sp³-hybridized carbons (Fsp3) is 0.417. The molecule has 19 heavy (non-hydrogen) atoms. The number of nitrogens with zero attached hydrogens (tertiary/aromatic N) is 4. The highest BCUT2D eigenvalue weighted by molar-refractivity contribution is 5.80. The van der Waals surface area contributed by atoms with Crippen molar-refractivity contribution >= 4 is 17.6 Å². The van der Waals surface area contributed by atoms with Crippen molar-refractivity contribution in [1.82, 2.24) is 14.6 Å². The minimum atomic E-state index is -1.20. The van der Waals surface area contributed by atoms with E-state index in [-0.39, 0.29) is 6.54 Å². The van der Waals surface area contributed by atoms with E-state index in [2.05, 4.69) is 10.1 Å². The van der Waals surface area contributed by atoms with E-state index >= 15 is 0 Å². The number of hydrogen-bond donors (Lipinski definition) is 2. The van der Waals surface area contributed by atoms with Gasteiger partial charge in [-0.05, 0) is 31.0 Å². The van der Waals surface area contributed by atoms with E-state index in [9.17, 15) is 4.79 Å². The van der Waals surface area contributed by atoms with Crippen LogP contribution in [0.3, 0.4) is 0 Å². The maximum absolute atomic E-state index is 11.1. The van der Waals surface area contributed by atoms with Gasteiger partial charge in [0.05, 0.1) is 0 Å². The Kier molecular flexibility index (Phi) is 2.46. The van der Waals surface area contributed by atoms with Gasteiger partial charge in [-0.25, -0.2) is 4.52 Å². The van der Waals surface area contributed by atoms with Crippen LogP contribution in [0.1, 0.15) is 12.0 Å². The average Bonchev–Trinajstić information content (AvgIpc) is 2.93. The minimum Gasteiger partial charge on any atom is -0.480 e. The molecule has 7 heteroatoms. The molecule has 1 atom stereocenters. The molecule has 1 saturated heterocycles. The van der Waals surface area contributed by atoms with Gasteiger partial charge in [0.2, 0.25) is 5.95 Å². The standard InChI is InChI=1S/C12H15N5O2/c1-8-2-4-17-9(6-8)14-11(15-17)16-5-3-12(13,7-16)10(18)19/h2,4,6H,3,5,7,13H2,1H3,(H,18,19). The van der Waals surface area contributed by atoms with E-state index in [1.54, 1.807) is 4.52 Å². The van der Waals surface area contributed by atoms with Crippen molar-refractivity contribution < 1.29 is 9.90 Å². The first-order valence-electron chi connectivity index (χ1n) is 6.08.